The van der Waals surface area contributed by atoms with Gasteiger partial charge >= 0.3 is 0 Å². The Morgan fingerprint density at radius 2 is 1.91 bits per heavy atom. The van der Waals surface area contributed by atoms with E-state index in [2.05, 4.69) is 24.1 Å². The number of nitrogens with one attached hydrogen (secondary N) is 1. The quantitative estimate of drug-likeness (QED) is 0.838. The molecule has 0 radical (unpaired) electrons. The molecule has 2 rings (SSSR count). The van der Waals surface area contributed by atoms with Crippen LogP contribution in [0.3, 0.4) is 0 Å². The largest absolute Gasteiger partial charge is 0.373 e. The van der Waals surface area contributed by atoms with Crippen LogP contribution in [0, 0.1) is 0 Å². The predicted octanol–water partition coefficient (Wildman–Crippen LogP) is 1.76. The van der Waals surface area contributed by atoms with Crippen molar-refractivity contribution in [3.05, 3.63) is 35.4 Å². The number of carbonyl (C=O) groups is 1. The molecule has 5 nitrogen and oxygen atoms in total. The van der Waals surface area contributed by atoms with Crippen molar-refractivity contribution in [3.63, 3.8) is 0 Å². The Morgan fingerprint density at radius 3 is 2.48 bits per heavy atom. The minimum absolute atomic E-state index is 0.0363. The van der Waals surface area contributed by atoms with Crippen LogP contribution in [0.15, 0.2) is 24.3 Å². The van der Waals surface area contributed by atoms with E-state index in [1.165, 1.54) is 5.56 Å². The fourth-order valence-corrected chi connectivity index (χ4v) is 2.95. The Balaban J connectivity index is 1.85. The zero-order valence-corrected chi connectivity index (χ0v) is 14.4. The molecule has 1 aromatic rings. The number of hydrogen-bond acceptors (Lipinski definition) is 4. The van der Waals surface area contributed by atoms with Gasteiger partial charge in [0, 0.05) is 37.8 Å². The summed E-state index contributed by atoms with van der Waals surface area (Å²) in [6.07, 6.45) is 1.33. The summed E-state index contributed by atoms with van der Waals surface area (Å²) in [4.78, 5) is 14.4. The van der Waals surface area contributed by atoms with E-state index in [9.17, 15) is 4.79 Å². The number of nitrogens with two attached hydrogens (primary N) is 1. The van der Waals surface area contributed by atoms with Crippen molar-refractivity contribution in [2.75, 3.05) is 19.6 Å². The topological polar surface area (TPSA) is 67.6 Å². The van der Waals surface area contributed by atoms with Gasteiger partial charge in [-0.3, -0.25) is 9.69 Å². The number of carbonyl (C=O) groups excluding carboxylic acids is 1. The molecule has 0 aromatic heterocycles. The van der Waals surface area contributed by atoms with Crippen LogP contribution in [0.2, 0.25) is 0 Å². The van der Waals surface area contributed by atoms with E-state index >= 15 is 0 Å². The molecule has 1 heterocycles. The number of nitrogens with zero attached hydrogens (tertiary/aromatic N) is 1. The molecular weight excluding hydrogens is 290 g/mol. The number of amides is 1. The first-order valence-corrected chi connectivity index (χ1v) is 8.44. The highest BCUT2D eigenvalue weighted by molar-refractivity contribution is 5.94. The summed E-state index contributed by atoms with van der Waals surface area (Å²) in [5, 5.41) is 2.90. The number of hydrogen-bond donors (Lipinski definition) is 2. The van der Waals surface area contributed by atoms with E-state index in [0.717, 1.165) is 26.1 Å². The molecule has 23 heavy (non-hydrogen) atoms. The Morgan fingerprint density at radius 1 is 1.30 bits per heavy atom. The zero-order chi connectivity index (χ0) is 16.8. The second-order valence-corrected chi connectivity index (χ2v) is 6.67. The van der Waals surface area contributed by atoms with E-state index < -0.39 is 0 Å². The normalized spacial score (nSPS) is 23.5. The molecule has 1 amide bonds. The van der Waals surface area contributed by atoms with Gasteiger partial charge < -0.3 is 15.8 Å². The SMILES string of the molecule is CC(N)CCNC(=O)c1ccc(CN2CC(C)OC(C)C2)cc1. The van der Waals surface area contributed by atoms with E-state index in [0.29, 0.717) is 12.1 Å². The highest BCUT2D eigenvalue weighted by atomic mass is 16.5. The number of ether oxygens (including phenoxy) is 1. The van der Waals surface area contributed by atoms with Crippen molar-refractivity contribution in [2.24, 2.45) is 5.73 Å². The molecule has 1 saturated heterocycles. The molecule has 128 valence electrons. The second kappa shape index (κ2) is 8.43. The van der Waals surface area contributed by atoms with E-state index in [1.807, 2.05) is 31.2 Å². The van der Waals surface area contributed by atoms with Gasteiger partial charge in [0.05, 0.1) is 12.2 Å². The first kappa shape index (κ1) is 17.9. The summed E-state index contributed by atoms with van der Waals surface area (Å²) < 4.78 is 5.76. The van der Waals surface area contributed by atoms with Gasteiger partial charge in [0.1, 0.15) is 0 Å². The fourth-order valence-electron chi connectivity index (χ4n) is 2.95. The molecule has 1 aliphatic heterocycles. The molecule has 3 unspecified atom stereocenters. The number of rotatable bonds is 6. The number of benzene rings is 1. The predicted molar refractivity (Wildman–Crippen MR) is 92.3 cm³/mol. The van der Waals surface area contributed by atoms with Gasteiger partial charge in [-0.2, -0.15) is 0 Å². The summed E-state index contributed by atoms with van der Waals surface area (Å²) in [6, 6.07) is 7.96. The van der Waals surface area contributed by atoms with Gasteiger partial charge in [0.2, 0.25) is 0 Å². The van der Waals surface area contributed by atoms with Gasteiger partial charge in [-0.05, 0) is 44.9 Å². The molecule has 0 aliphatic carbocycles. The van der Waals surface area contributed by atoms with Crippen molar-refractivity contribution >= 4 is 5.91 Å². The highest BCUT2D eigenvalue weighted by Crippen LogP contribution is 2.14. The average Bonchev–Trinajstić information content (AvgIpc) is 2.46. The average molecular weight is 319 g/mol. The summed E-state index contributed by atoms with van der Waals surface area (Å²) in [6.45, 7) is 9.56. The Bertz CT molecular complexity index is 491. The third kappa shape index (κ3) is 5.94. The third-order valence-corrected chi connectivity index (χ3v) is 4.00. The monoisotopic (exact) mass is 319 g/mol. The molecule has 3 N–H and O–H groups in total. The first-order chi connectivity index (χ1) is 10.9. The van der Waals surface area contributed by atoms with Crippen LogP contribution >= 0.6 is 0 Å². The molecular formula is C18H29N3O2. The van der Waals surface area contributed by atoms with Crippen molar-refractivity contribution in [3.8, 4) is 0 Å². The number of morpholine rings is 1. The van der Waals surface area contributed by atoms with Gasteiger partial charge in [-0.25, -0.2) is 0 Å². The Kier molecular flexibility index (Phi) is 6.57. The van der Waals surface area contributed by atoms with Crippen LogP contribution in [0.4, 0.5) is 0 Å². The van der Waals surface area contributed by atoms with E-state index in [-0.39, 0.29) is 24.2 Å². The van der Waals surface area contributed by atoms with Crippen molar-refractivity contribution < 1.29 is 9.53 Å². The molecule has 1 aromatic carbocycles. The van der Waals surface area contributed by atoms with Crippen molar-refractivity contribution in [2.45, 2.75) is 52.0 Å². The van der Waals surface area contributed by atoms with Crippen LogP contribution in [-0.4, -0.2) is 48.7 Å². The Hall–Kier alpha value is -1.43. The maximum atomic E-state index is 12.0. The smallest absolute Gasteiger partial charge is 0.251 e. The lowest BCUT2D eigenvalue weighted by molar-refractivity contribution is -0.0704. The van der Waals surface area contributed by atoms with Crippen LogP contribution in [-0.2, 0) is 11.3 Å². The Labute approximate surface area is 139 Å². The van der Waals surface area contributed by atoms with Gasteiger partial charge in [-0.15, -0.1) is 0 Å². The summed E-state index contributed by atoms with van der Waals surface area (Å²) >= 11 is 0. The second-order valence-electron chi connectivity index (χ2n) is 6.67. The van der Waals surface area contributed by atoms with E-state index in [1.54, 1.807) is 0 Å². The summed E-state index contributed by atoms with van der Waals surface area (Å²) in [5.74, 6) is -0.0363. The lowest BCUT2D eigenvalue weighted by Crippen LogP contribution is -2.44. The fraction of sp³-hybridized carbons (Fsp3) is 0.611. The third-order valence-electron chi connectivity index (χ3n) is 4.00. The van der Waals surface area contributed by atoms with E-state index in [4.69, 9.17) is 10.5 Å². The van der Waals surface area contributed by atoms with Crippen LogP contribution in [0.5, 0.6) is 0 Å². The van der Waals surface area contributed by atoms with Crippen LogP contribution < -0.4 is 11.1 Å². The molecule has 3 atom stereocenters. The zero-order valence-electron chi connectivity index (χ0n) is 14.4. The van der Waals surface area contributed by atoms with Crippen LogP contribution in [0.25, 0.3) is 0 Å². The van der Waals surface area contributed by atoms with Gasteiger partial charge in [-0.1, -0.05) is 12.1 Å². The van der Waals surface area contributed by atoms with Crippen LogP contribution in [0.1, 0.15) is 43.1 Å². The minimum Gasteiger partial charge on any atom is -0.373 e. The van der Waals surface area contributed by atoms with Crippen molar-refractivity contribution in [1.29, 1.82) is 0 Å². The molecule has 1 aliphatic rings. The maximum Gasteiger partial charge on any atom is 0.251 e. The lowest BCUT2D eigenvalue weighted by atomic mass is 10.1. The molecule has 1 fully saturated rings. The summed E-state index contributed by atoms with van der Waals surface area (Å²) in [5.41, 5.74) is 7.60. The standard InChI is InChI=1S/C18H29N3O2/c1-13(19)8-9-20-18(22)17-6-4-16(5-7-17)12-21-10-14(2)23-15(3)11-21/h4-7,13-15H,8-12,19H2,1-3H3,(H,20,22). The lowest BCUT2D eigenvalue weighted by Gasteiger charge is -2.35. The molecule has 0 spiro atoms. The maximum absolute atomic E-state index is 12.0. The van der Waals surface area contributed by atoms with Gasteiger partial charge in [0.25, 0.3) is 5.91 Å². The minimum atomic E-state index is -0.0363. The molecule has 0 saturated carbocycles. The highest BCUT2D eigenvalue weighted by Gasteiger charge is 2.22. The van der Waals surface area contributed by atoms with Crippen molar-refractivity contribution in [1.82, 2.24) is 10.2 Å². The molecule has 5 heteroatoms. The van der Waals surface area contributed by atoms with Gasteiger partial charge in [0.15, 0.2) is 0 Å². The first-order valence-electron chi connectivity index (χ1n) is 8.44. The molecule has 0 bridgehead atoms. The summed E-state index contributed by atoms with van der Waals surface area (Å²) in [7, 11) is 0.